The summed E-state index contributed by atoms with van der Waals surface area (Å²) in [7, 11) is 0. The van der Waals surface area contributed by atoms with E-state index in [4.69, 9.17) is 4.74 Å². The standard InChI is InChI=1S/C20H21F2N5O2S/c1-3-18(28)27-10-14(22)16(11-27)29-19-13-4-6-26(7-5-21)15(13)8-17(24-19)25-20-23-9-12(2)30-20/h3-4,6,8-9,14,16H,1,5,7,10-11H2,2H3,(H,23,24,25)/t14-,16+/m0/s1. The Labute approximate surface area is 176 Å². The minimum absolute atomic E-state index is 0.0577. The Morgan fingerprint density at radius 2 is 2.33 bits per heavy atom. The van der Waals surface area contributed by atoms with Gasteiger partial charge < -0.3 is 19.5 Å². The number of pyridine rings is 1. The van der Waals surface area contributed by atoms with Gasteiger partial charge in [0.1, 0.15) is 12.5 Å². The summed E-state index contributed by atoms with van der Waals surface area (Å²) in [4.78, 5) is 23.0. The van der Waals surface area contributed by atoms with Gasteiger partial charge in [-0.15, -0.1) is 11.3 Å². The number of nitrogens with one attached hydrogen (secondary N) is 1. The van der Waals surface area contributed by atoms with Gasteiger partial charge in [-0.25, -0.2) is 13.8 Å². The molecule has 7 nitrogen and oxygen atoms in total. The number of likely N-dealkylation sites (tertiary alicyclic amines) is 1. The molecule has 4 rings (SSSR count). The number of amides is 1. The molecule has 158 valence electrons. The van der Waals surface area contributed by atoms with Crippen LogP contribution in [0.15, 0.2) is 37.2 Å². The number of ether oxygens (including phenoxy) is 1. The third-order valence-electron chi connectivity index (χ3n) is 4.86. The lowest BCUT2D eigenvalue weighted by atomic mass is 10.2. The number of aromatic nitrogens is 3. The molecule has 0 spiro atoms. The number of carbonyl (C=O) groups excluding carboxylic acids is 1. The van der Waals surface area contributed by atoms with Crippen molar-refractivity contribution in [2.24, 2.45) is 0 Å². The monoisotopic (exact) mass is 433 g/mol. The number of alkyl halides is 2. The third kappa shape index (κ3) is 4.00. The summed E-state index contributed by atoms with van der Waals surface area (Å²) in [6.07, 6.45) is 2.43. The zero-order chi connectivity index (χ0) is 21.3. The van der Waals surface area contributed by atoms with E-state index in [0.29, 0.717) is 21.9 Å². The van der Waals surface area contributed by atoms with Crippen LogP contribution in [0.3, 0.4) is 0 Å². The van der Waals surface area contributed by atoms with E-state index < -0.39 is 19.0 Å². The van der Waals surface area contributed by atoms with Gasteiger partial charge in [-0.05, 0) is 19.1 Å². The van der Waals surface area contributed by atoms with Gasteiger partial charge >= 0.3 is 0 Å². The highest BCUT2D eigenvalue weighted by molar-refractivity contribution is 7.15. The number of nitrogens with zero attached hydrogens (tertiary/aromatic N) is 4. The van der Waals surface area contributed by atoms with E-state index in [1.165, 1.54) is 16.2 Å². The van der Waals surface area contributed by atoms with Crippen LogP contribution < -0.4 is 10.1 Å². The zero-order valence-corrected chi connectivity index (χ0v) is 17.2. The van der Waals surface area contributed by atoms with Crippen LogP contribution >= 0.6 is 11.3 Å². The fourth-order valence-corrected chi connectivity index (χ4v) is 4.09. The Balaban J connectivity index is 1.67. The summed E-state index contributed by atoms with van der Waals surface area (Å²) in [6.45, 7) is 5.08. The lowest BCUT2D eigenvalue weighted by molar-refractivity contribution is -0.125. The molecule has 1 aliphatic rings. The largest absolute Gasteiger partial charge is 0.469 e. The van der Waals surface area contributed by atoms with E-state index in [2.05, 4.69) is 21.9 Å². The molecule has 1 aliphatic heterocycles. The maximum absolute atomic E-state index is 14.5. The van der Waals surface area contributed by atoms with Crippen LogP contribution in [0.2, 0.25) is 0 Å². The van der Waals surface area contributed by atoms with Gasteiger partial charge in [0, 0.05) is 23.3 Å². The number of aryl methyl sites for hydroxylation is 2. The van der Waals surface area contributed by atoms with Gasteiger partial charge in [-0.1, -0.05) is 6.58 Å². The fraction of sp³-hybridized carbons (Fsp3) is 0.350. The average molecular weight is 433 g/mol. The van der Waals surface area contributed by atoms with Crippen LogP contribution in [0.25, 0.3) is 10.9 Å². The quantitative estimate of drug-likeness (QED) is 0.576. The van der Waals surface area contributed by atoms with Crippen molar-refractivity contribution in [3.8, 4) is 5.88 Å². The molecule has 1 saturated heterocycles. The molecule has 10 heteroatoms. The average Bonchev–Trinajstić information content (AvgIpc) is 3.42. The number of carbonyl (C=O) groups is 1. The highest BCUT2D eigenvalue weighted by Gasteiger charge is 2.37. The lowest BCUT2D eigenvalue weighted by Crippen LogP contribution is -2.30. The van der Waals surface area contributed by atoms with Crippen molar-refractivity contribution < 1.29 is 18.3 Å². The molecular weight excluding hydrogens is 412 g/mol. The van der Waals surface area contributed by atoms with Crippen LogP contribution in [-0.4, -0.2) is 57.4 Å². The number of anilines is 2. The van der Waals surface area contributed by atoms with Crippen molar-refractivity contribution in [2.75, 3.05) is 25.1 Å². The van der Waals surface area contributed by atoms with Gasteiger partial charge in [0.15, 0.2) is 17.4 Å². The SMILES string of the molecule is C=CC(=O)N1C[C@H](F)[C@H](Oc2nc(Nc3ncc(C)s3)cc3c2ccn3CCF)C1. The molecule has 1 N–H and O–H groups in total. The highest BCUT2D eigenvalue weighted by Crippen LogP contribution is 2.32. The first kappa shape index (κ1) is 20.3. The summed E-state index contributed by atoms with van der Waals surface area (Å²) < 4.78 is 35.2. The van der Waals surface area contributed by atoms with Crippen molar-refractivity contribution in [2.45, 2.75) is 25.7 Å². The second-order valence-corrected chi connectivity index (χ2v) is 8.20. The van der Waals surface area contributed by atoms with Gasteiger partial charge in [0.05, 0.1) is 30.5 Å². The van der Waals surface area contributed by atoms with Crippen LogP contribution in [-0.2, 0) is 11.3 Å². The second kappa shape index (κ2) is 8.39. The molecule has 4 heterocycles. The third-order valence-corrected chi connectivity index (χ3v) is 5.69. The molecule has 30 heavy (non-hydrogen) atoms. The number of thiazole rings is 1. The molecule has 0 unspecified atom stereocenters. The topological polar surface area (TPSA) is 72.3 Å². The number of rotatable bonds is 7. The smallest absolute Gasteiger partial charge is 0.246 e. The van der Waals surface area contributed by atoms with Crippen molar-refractivity contribution in [1.29, 1.82) is 0 Å². The number of halogens is 2. The van der Waals surface area contributed by atoms with Crippen LogP contribution in [0.5, 0.6) is 5.88 Å². The minimum Gasteiger partial charge on any atom is -0.469 e. The molecule has 3 aromatic heterocycles. The predicted octanol–water partition coefficient (Wildman–Crippen LogP) is 3.63. The molecule has 3 aromatic rings. The second-order valence-electron chi connectivity index (χ2n) is 6.96. The molecule has 0 aliphatic carbocycles. The molecule has 0 bridgehead atoms. The number of fused-ring (bicyclic) bond motifs is 1. The number of hydrogen-bond acceptors (Lipinski definition) is 6. The number of hydrogen-bond donors (Lipinski definition) is 1. The Hall–Kier alpha value is -3.01. The first-order valence-corrected chi connectivity index (χ1v) is 10.3. The maximum Gasteiger partial charge on any atom is 0.246 e. The van der Waals surface area contributed by atoms with E-state index >= 15 is 0 Å². The Morgan fingerprint density at radius 1 is 1.50 bits per heavy atom. The molecule has 2 atom stereocenters. The van der Waals surface area contributed by atoms with E-state index in [1.54, 1.807) is 29.1 Å². The van der Waals surface area contributed by atoms with Crippen LogP contribution in [0, 0.1) is 6.92 Å². The van der Waals surface area contributed by atoms with Crippen molar-refractivity contribution in [3.05, 3.63) is 42.1 Å². The van der Waals surface area contributed by atoms with E-state index in [1.807, 2.05) is 6.92 Å². The molecule has 1 amide bonds. The van der Waals surface area contributed by atoms with E-state index in [-0.39, 0.29) is 31.4 Å². The summed E-state index contributed by atoms with van der Waals surface area (Å²) in [5.74, 6) is 0.338. The zero-order valence-electron chi connectivity index (χ0n) is 16.3. The minimum atomic E-state index is -1.35. The predicted molar refractivity (Wildman–Crippen MR) is 112 cm³/mol. The molecule has 0 saturated carbocycles. The first-order chi connectivity index (χ1) is 14.5. The van der Waals surface area contributed by atoms with Gasteiger partial charge in [-0.3, -0.25) is 4.79 Å². The Morgan fingerprint density at radius 3 is 3.03 bits per heavy atom. The molecule has 1 fully saturated rings. The fourth-order valence-electron chi connectivity index (χ4n) is 3.42. The normalized spacial score (nSPS) is 18.7. The van der Waals surface area contributed by atoms with Crippen LogP contribution in [0.1, 0.15) is 4.88 Å². The van der Waals surface area contributed by atoms with Gasteiger partial charge in [-0.2, -0.15) is 4.98 Å². The van der Waals surface area contributed by atoms with E-state index in [0.717, 1.165) is 11.0 Å². The highest BCUT2D eigenvalue weighted by atomic mass is 32.1. The summed E-state index contributed by atoms with van der Waals surface area (Å²) in [5.41, 5.74) is 0.709. The van der Waals surface area contributed by atoms with Crippen molar-refractivity contribution in [3.63, 3.8) is 0 Å². The van der Waals surface area contributed by atoms with Gasteiger partial charge in [0.2, 0.25) is 11.8 Å². The lowest BCUT2D eigenvalue weighted by Gasteiger charge is -2.17. The summed E-state index contributed by atoms with van der Waals surface area (Å²) in [5, 5.41) is 4.42. The van der Waals surface area contributed by atoms with Crippen molar-refractivity contribution in [1.82, 2.24) is 19.4 Å². The van der Waals surface area contributed by atoms with Crippen molar-refractivity contribution >= 4 is 39.1 Å². The van der Waals surface area contributed by atoms with Gasteiger partial charge in [0.25, 0.3) is 0 Å². The molecular formula is C20H21F2N5O2S. The Bertz CT molecular complexity index is 1080. The van der Waals surface area contributed by atoms with E-state index in [9.17, 15) is 13.6 Å². The summed E-state index contributed by atoms with van der Waals surface area (Å²) in [6, 6.07) is 3.54. The Kier molecular flexibility index (Phi) is 5.67. The first-order valence-electron chi connectivity index (χ1n) is 9.46. The maximum atomic E-state index is 14.5. The molecule has 0 radical (unpaired) electrons. The summed E-state index contributed by atoms with van der Waals surface area (Å²) >= 11 is 1.47. The molecule has 0 aromatic carbocycles. The van der Waals surface area contributed by atoms with Crippen LogP contribution in [0.4, 0.5) is 19.7 Å².